The predicted octanol–water partition coefficient (Wildman–Crippen LogP) is 1.22. The standard InChI is InChI=1S/C13H15N3O4/c17-12(18)7-3-8(6-14-5-7)15-13(19)16-10-4-9-1-2-11(10)20-9/h3,5-6,9-11H,1-2,4H2,(H,17,18)(H2,15,16,19). The zero-order valence-corrected chi connectivity index (χ0v) is 10.7. The first-order valence-corrected chi connectivity index (χ1v) is 6.53. The Bertz CT molecular complexity index is 548. The molecule has 2 fully saturated rings. The van der Waals surface area contributed by atoms with Gasteiger partial charge in [-0.15, -0.1) is 0 Å². The van der Waals surface area contributed by atoms with Crippen molar-refractivity contribution in [2.75, 3.05) is 5.32 Å². The van der Waals surface area contributed by atoms with Gasteiger partial charge in [0.15, 0.2) is 0 Å². The predicted molar refractivity (Wildman–Crippen MR) is 69.7 cm³/mol. The van der Waals surface area contributed by atoms with Crippen LogP contribution in [0.4, 0.5) is 10.5 Å². The number of pyridine rings is 1. The maximum absolute atomic E-state index is 11.9. The van der Waals surface area contributed by atoms with Crippen molar-refractivity contribution in [3.63, 3.8) is 0 Å². The van der Waals surface area contributed by atoms with Crippen LogP contribution in [0.2, 0.25) is 0 Å². The van der Waals surface area contributed by atoms with Crippen LogP contribution in [0.25, 0.3) is 0 Å². The maximum Gasteiger partial charge on any atom is 0.337 e. The van der Waals surface area contributed by atoms with Crippen LogP contribution in [0.3, 0.4) is 0 Å². The minimum atomic E-state index is -1.08. The number of fused-ring (bicyclic) bond motifs is 2. The molecule has 0 radical (unpaired) electrons. The molecule has 7 heteroatoms. The number of urea groups is 1. The van der Waals surface area contributed by atoms with E-state index in [1.807, 2.05) is 0 Å². The van der Waals surface area contributed by atoms with Crippen LogP contribution < -0.4 is 10.6 Å². The van der Waals surface area contributed by atoms with E-state index in [2.05, 4.69) is 15.6 Å². The second-order valence-electron chi connectivity index (χ2n) is 5.08. The number of aromatic carboxylic acids is 1. The van der Waals surface area contributed by atoms with E-state index in [0.717, 1.165) is 19.3 Å². The number of carboxylic acid groups (broad SMARTS) is 1. The van der Waals surface area contributed by atoms with Gasteiger partial charge >= 0.3 is 12.0 Å². The molecule has 1 aromatic heterocycles. The van der Waals surface area contributed by atoms with Crippen molar-refractivity contribution in [3.05, 3.63) is 24.0 Å². The zero-order chi connectivity index (χ0) is 14.1. The van der Waals surface area contributed by atoms with E-state index < -0.39 is 5.97 Å². The number of aromatic nitrogens is 1. The number of rotatable bonds is 3. The molecule has 3 heterocycles. The monoisotopic (exact) mass is 277 g/mol. The topological polar surface area (TPSA) is 101 Å². The molecule has 7 nitrogen and oxygen atoms in total. The third-order valence-electron chi connectivity index (χ3n) is 3.67. The molecule has 0 aromatic carbocycles. The summed E-state index contributed by atoms with van der Waals surface area (Å²) >= 11 is 0. The average molecular weight is 277 g/mol. The average Bonchev–Trinajstić information content (AvgIpc) is 3.01. The minimum Gasteiger partial charge on any atom is -0.478 e. The Labute approximate surface area is 115 Å². The molecule has 1 aromatic rings. The highest BCUT2D eigenvalue weighted by Crippen LogP contribution is 2.34. The van der Waals surface area contributed by atoms with Gasteiger partial charge in [-0.05, 0) is 25.3 Å². The van der Waals surface area contributed by atoms with E-state index in [4.69, 9.17) is 9.84 Å². The van der Waals surface area contributed by atoms with Gasteiger partial charge in [0, 0.05) is 6.20 Å². The summed E-state index contributed by atoms with van der Waals surface area (Å²) in [4.78, 5) is 26.5. The largest absolute Gasteiger partial charge is 0.478 e. The Morgan fingerprint density at radius 3 is 2.85 bits per heavy atom. The van der Waals surface area contributed by atoms with Gasteiger partial charge in [-0.3, -0.25) is 4.98 Å². The second-order valence-corrected chi connectivity index (χ2v) is 5.08. The lowest BCUT2D eigenvalue weighted by Crippen LogP contribution is -2.43. The molecule has 3 N–H and O–H groups in total. The van der Waals surface area contributed by atoms with E-state index >= 15 is 0 Å². The summed E-state index contributed by atoms with van der Waals surface area (Å²) in [5.74, 6) is -1.08. The quantitative estimate of drug-likeness (QED) is 0.771. The molecule has 0 saturated carbocycles. The van der Waals surface area contributed by atoms with Crippen molar-refractivity contribution in [1.29, 1.82) is 0 Å². The number of nitrogens with one attached hydrogen (secondary N) is 2. The van der Waals surface area contributed by atoms with Gasteiger partial charge in [-0.2, -0.15) is 0 Å². The Balaban J connectivity index is 1.59. The number of nitrogens with zero attached hydrogens (tertiary/aromatic N) is 1. The number of carboxylic acids is 1. The first-order chi connectivity index (χ1) is 9.61. The molecule has 2 aliphatic rings. The Kier molecular flexibility index (Phi) is 3.27. The highest BCUT2D eigenvalue weighted by atomic mass is 16.5. The molecule has 0 spiro atoms. The lowest BCUT2D eigenvalue weighted by atomic mass is 9.96. The van der Waals surface area contributed by atoms with Gasteiger partial charge < -0.3 is 20.5 Å². The van der Waals surface area contributed by atoms with Crippen LogP contribution in [-0.4, -0.2) is 40.3 Å². The number of carbonyl (C=O) groups is 2. The smallest absolute Gasteiger partial charge is 0.337 e. The van der Waals surface area contributed by atoms with Crippen LogP contribution in [0.1, 0.15) is 29.6 Å². The van der Waals surface area contributed by atoms with Crippen molar-refractivity contribution >= 4 is 17.7 Å². The van der Waals surface area contributed by atoms with Gasteiger partial charge in [-0.25, -0.2) is 9.59 Å². The van der Waals surface area contributed by atoms with E-state index in [1.165, 1.54) is 18.5 Å². The minimum absolute atomic E-state index is 0.0318. The lowest BCUT2D eigenvalue weighted by Gasteiger charge is -2.20. The number of hydrogen-bond donors (Lipinski definition) is 3. The summed E-state index contributed by atoms with van der Waals surface area (Å²) in [6, 6.07) is 1.03. The fourth-order valence-electron chi connectivity index (χ4n) is 2.75. The van der Waals surface area contributed by atoms with Gasteiger partial charge in [0.05, 0.1) is 35.7 Å². The molecule has 2 bridgehead atoms. The van der Waals surface area contributed by atoms with Crippen LogP contribution in [0.5, 0.6) is 0 Å². The SMILES string of the molecule is O=C(Nc1cncc(C(=O)O)c1)NC1CC2CCC1O2. The van der Waals surface area contributed by atoms with E-state index in [1.54, 1.807) is 0 Å². The number of carbonyl (C=O) groups excluding carboxylic acids is 1. The molecule has 3 rings (SSSR count). The number of anilines is 1. The molecule has 106 valence electrons. The molecule has 20 heavy (non-hydrogen) atoms. The van der Waals surface area contributed by atoms with Gasteiger partial charge in [0.1, 0.15) is 0 Å². The van der Waals surface area contributed by atoms with E-state index in [-0.39, 0.29) is 29.8 Å². The molecular weight excluding hydrogens is 262 g/mol. The lowest BCUT2D eigenvalue weighted by molar-refractivity contribution is 0.0696. The normalized spacial score (nSPS) is 27.3. The van der Waals surface area contributed by atoms with Crippen molar-refractivity contribution in [2.24, 2.45) is 0 Å². The van der Waals surface area contributed by atoms with Crippen molar-refractivity contribution < 1.29 is 19.4 Å². The Morgan fingerprint density at radius 2 is 2.20 bits per heavy atom. The van der Waals surface area contributed by atoms with Gasteiger partial charge in [0.2, 0.25) is 0 Å². The van der Waals surface area contributed by atoms with E-state index in [9.17, 15) is 9.59 Å². The van der Waals surface area contributed by atoms with Crippen LogP contribution >= 0.6 is 0 Å². The van der Waals surface area contributed by atoms with Crippen LogP contribution in [-0.2, 0) is 4.74 Å². The third-order valence-corrected chi connectivity index (χ3v) is 3.67. The molecule has 2 amide bonds. The highest BCUT2D eigenvalue weighted by Gasteiger charge is 2.41. The fraction of sp³-hybridized carbons (Fsp3) is 0.462. The van der Waals surface area contributed by atoms with Gasteiger partial charge in [0.25, 0.3) is 0 Å². The first-order valence-electron chi connectivity index (χ1n) is 6.53. The Hall–Kier alpha value is -2.15. The van der Waals surface area contributed by atoms with Crippen LogP contribution in [0, 0.1) is 0 Å². The number of ether oxygens (including phenoxy) is 1. The molecule has 3 unspecified atom stereocenters. The van der Waals surface area contributed by atoms with E-state index in [0.29, 0.717) is 5.69 Å². The second kappa shape index (κ2) is 5.09. The van der Waals surface area contributed by atoms with Crippen molar-refractivity contribution in [1.82, 2.24) is 10.3 Å². The first kappa shape index (κ1) is 12.9. The third kappa shape index (κ3) is 2.57. The molecule has 3 atom stereocenters. The maximum atomic E-state index is 11.9. The summed E-state index contributed by atoms with van der Waals surface area (Å²) in [6.45, 7) is 0. The van der Waals surface area contributed by atoms with Crippen molar-refractivity contribution in [3.8, 4) is 0 Å². The summed E-state index contributed by atoms with van der Waals surface area (Å²) in [5, 5.41) is 14.3. The molecule has 2 saturated heterocycles. The van der Waals surface area contributed by atoms with Gasteiger partial charge in [-0.1, -0.05) is 0 Å². The summed E-state index contributed by atoms with van der Waals surface area (Å²) in [7, 11) is 0. The molecular formula is C13H15N3O4. The number of hydrogen-bond acceptors (Lipinski definition) is 4. The number of amides is 2. The summed E-state index contributed by atoms with van der Waals surface area (Å²) in [5.41, 5.74) is 0.387. The summed E-state index contributed by atoms with van der Waals surface area (Å²) < 4.78 is 5.65. The Morgan fingerprint density at radius 1 is 1.35 bits per heavy atom. The highest BCUT2D eigenvalue weighted by molar-refractivity contribution is 5.92. The molecule has 2 aliphatic heterocycles. The summed E-state index contributed by atoms with van der Waals surface area (Å²) in [6.07, 6.45) is 5.89. The van der Waals surface area contributed by atoms with Crippen molar-refractivity contribution in [2.45, 2.75) is 37.5 Å². The zero-order valence-electron chi connectivity index (χ0n) is 10.7. The molecule has 0 aliphatic carbocycles. The van der Waals surface area contributed by atoms with Crippen LogP contribution in [0.15, 0.2) is 18.5 Å². The fourth-order valence-corrected chi connectivity index (χ4v) is 2.75.